The van der Waals surface area contributed by atoms with Gasteiger partial charge >= 0.3 is 17.3 Å². The standard InChI is InChI=1S/C15H15F3N4O4.BrH/c16-15(17,18)9-1-3-21(4-2-9)7-8-5-10(22(25)26)6-11-12(8)20-14(24)13(23)19-11;/h5-6,9H,1-4,7H2,(H,19,23)(H,20,24);1H. The summed E-state index contributed by atoms with van der Waals surface area (Å²) in [6, 6.07) is 2.39. The van der Waals surface area contributed by atoms with Gasteiger partial charge in [-0.1, -0.05) is 0 Å². The lowest BCUT2D eigenvalue weighted by molar-refractivity contribution is -0.384. The number of piperidine rings is 1. The maximum Gasteiger partial charge on any atom is 0.391 e. The van der Waals surface area contributed by atoms with Crippen LogP contribution in [-0.2, 0) is 6.54 Å². The van der Waals surface area contributed by atoms with E-state index in [1.54, 1.807) is 4.90 Å². The van der Waals surface area contributed by atoms with E-state index in [-0.39, 0.29) is 66.2 Å². The van der Waals surface area contributed by atoms with Crippen LogP contribution in [0.5, 0.6) is 0 Å². The van der Waals surface area contributed by atoms with Gasteiger partial charge in [0, 0.05) is 18.7 Å². The molecule has 1 aromatic carbocycles. The minimum atomic E-state index is -4.23. The summed E-state index contributed by atoms with van der Waals surface area (Å²) >= 11 is 0. The molecule has 0 bridgehead atoms. The van der Waals surface area contributed by atoms with Crippen molar-refractivity contribution in [3.63, 3.8) is 0 Å². The van der Waals surface area contributed by atoms with Gasteiger partial charge < -0.3 is 9.97 Å². The molecule has 1 fully saturated rings. The highest BCUT2D eigenvalue weighted by Gasteiger charge is 2.41. The van der Waals surface area contributed by atoms with E-state index in [4.69, 9.17) is 0 Å². The normalized spacial score (nSPS) is 16.3. The highest BCUT2D eigenvalue weighted by molar-refractivity contribution is 8.93. The Labute approximate surface area is 160 Å². The molecule has 0 aliphatic carbocycles. The van der Waals surface area contributed by atoms with Crippen LogP contribution in [0.1, 0.15) is 18.4 Å². The quantitative estimate of drug-likeness (QED) is 0.422. The van der Waals surface area contributed by atoms with Crippen molar-refractivity contribution in [2.24, 2.45) is 5.92 Å². The van der Waals surface area contributed by atoms with Gasteiger partial charge in [0.25, 0.3) is 5.69 Å². The zero-order chi connectivity index (χ0) is 19.1. The Hall–Kier alpha value is -2.21. The number of halogens is 4. The zero-order valence-electron chi connectivity index (χ0n) is 13.8. The SMILES string of the molecule is Br.O=c1[nH]c2cc([N+](=O)[O-])cc(CN3CCC(C(F)(F)F)CC3)c2[nH]c1=O. The molecule has 0 spiro atoms. The summed E-state index contributed by atoms with van der Waals surface area (Å²) in [5.41, 5.74) is -1.41. The largest absolute Gasteiger partial charge is 0.391 e. The van der Waals surface area contributed by atoms with E-state index in [1.807, 2.05) is 0 Å². The Morgan fingerprint density at radius 2 is 1.74 bits per heavy atom. The van der Waals surface area contributed by atoms with Gasteiger partial charge in [-0.3, -0.25) is 24.6 Å². The summed E-state index contributed by atoms with van der Waals surface area (Å²) in [7, 11) is 0. The lowest BCUT2D eigenvalue weighted by Crippen LogP contribution is -2.38. The van der Waals surface area contributed by atoms with Gasteiger partial charge in [0.15, 0.2) is 0 Å². The Bertz CT molecular complexity index is 964. The van der Waals surface area contributed by atoms with Gasteiger partial charge in [0.2, 0.25) is 0 Å². The maximum absolute atomic E-state index is 12.8. The van der Waals surface area contributed by atoms with Gasteiger partial charge in [-0.25, -0.2) is 0 Å². The summed E-state index contributed by atoms with van der Waals surface area (Å²) in [6.07, 6.45) is -4.33. The molecule has 27 heavy (non-hydrogen) atoms. The number of nitrogens with zero attached hydrogens (tertiary/aromatic N) is 2. The van der Waals surface area contributed by atoms with Crippen LogP contribution >= 0.6 is 17.0 Å². The first-order chi connectivity index (χ1) is 12.1. The van der Waals surface area contributed by atoms with E-state index in [1.165, 1.54) is 6.07 Å². The van der Waals surface area contributed by atoms with Crippen molar-refractivity contribution < 1.29 is 18.1 Å². The molecule has 1 aromatic heterocycles. The fourth-order valence-electron chi connectivity index (χ4n) is 3.17. The van der Waals surface area contributed by atoms with Crippen molar-refractivity contribution in [1.82, 2.24) is 14.9 Å². The maximum atomic E-state index is 12.8. The molecule has 2 N–H and O–H groups in total. The average Bonchev–Trinajstić information content (AvgIpc) is 2.56. The topological polar surface area (TPSA) is 112 Å². The third-order valence-corrected chi connectivity index (χ3v) is 4.55. The number of alkyl halides is 3. The lowest BCUT2D eigenvalue weighted by atomic mass is 9.96. The van der Waals surface area contributed by atoms with E-state index in [9.17, 15) is 32.9 Å². The van der Waals surface area contributed by atoms with E-state index in [2.05, 4.69) is 9.97 Å². The van der Waals surface area contributed by atoms with E-state index in [0.29, 0.717) is 5.56 Å². The number of likely N-dealkylation sites (tertiary alicyclic amines) is 1. The molecule has 1 saturated heterocycles. The van der Waals surface area contributed by atoms with Gasteiger partial charge in [-0.05, 0) is 31.5 Å². The number of aromatic nitrogens is 2. The number of hydrogen-bond donors (Lipinski definition) is 2. The Kier molecular flexibility index (Phi) is 6.10. The van der Waals surface area contributed by atoms with Crippen LogP contribution in [0.2, 0.25) is 0 Å². The van der Waals surface area contributed by atoms with Gasteiger partial charge in [0.05, 0.1) is 21.9 Å². The van der Waals surface area contributed by atoms with Gasteiger partial charge in [-0.2, -0.15) is 13.2 Å². The highest BCUT2D eigenvalue weighted by Crippen LogP contribution is 2.34. The minimum Gasteiger partial charge on any atom is -0.316 e. The summed E-state index contributed by atoms with van der Waals surface area (Å²) in [5, 5.41) is 11.1. The molecular formula is C15H16BrF3N4O4. The highest BCUT2D eigenvalue weighted by atomic mass is 79.9. The molecule has 0 unspecified atom stereocenters. The molecular weight excluding hydrogens is 437 g/mol. The summed E-state index contributed by atoms with van der Waals surface area (Å²) in [5.74, 6) is -1.35. The molecule has 2 heterocycles. The van der Waals surface area contributed by atoms with E-state index in [0.717, 1.165) is 6.07 Å². The molecule has 0 radical (unpaired) electrons. The van der Waals surface area contributed by atoms with Gasteiger partial charge in [0.1, 0.15) is 0 Å². The number of nitrogens with one attached hydrogen (secondary N) is 2. The van der Waals surface area contributed by atoms with Crippen LogP contribution in [0.25, 0.3) is 11.0 Å². The molecule has 12 heteroatoms. The first kappa shape index (κ1) is 21.1. The Morgan fingerprint density at radius 3 is 2.30 bits per heavy atom. The van der Waals surface area contributed by atoms with E-state index < -0.39 is 28.1 Å². The number of benzene rings is 1. The molecule has 8 nitrogen and oxygen atoms in total. The van der Waals surface area contributed by atoms with Crippen molar-refractivity contribution >= 4 is 33.7 Å². The van der Waals surface area contributed by atoms with Crippen LogP contribution < -0.4 is 11.1 Å². The molecule has 0 atom stereocenters. The third kappa shape index (κ3) is 4.56. The molecule has 0 amide bonds. The fraction of sp³-hybridized carbons (Fsp3) is 0.467. The number of nitro groups is 1. The number of nitro benzene ring substituents is 1. The predicted molar refractivity (Wildman–Crippen MR) is 96.2 cm³/mol. The smallest absolute Gasteiger partial charge is 0.316 e. The van der Waals surface area contributed by atoms with Crippen LogP contribution in [0.3, 0.4) is 0 Å². The van der Waals surface area contributed by atoms with Crippen molar-refractivity contribution in [2.75, 3.05) is 13.1 Å². The molecule has 3 rings (SSSR count). The molecule has 148 valence electrons. The fourth-order valence-corrected chi connectivity index (χ4v) is 3.17. The lowest BCUT2D eigenvalue weighted by Gasteiger charge is -2.32. The van der Waals surface area contributed by atoms with Crippen molar-refractivity contribution in [3.8, 4) is 0 Å². The number of H-pyrrole nitrogens is 2. The summed E-state index contributed by atoms with van der Waals surface area (Å²) in [4.78, 5) is 39.9. The number of rotatable bonds is 3. The molecule has 2 aromatic rings. The predicted octanol–water partition coefficient (Wildman–Crippen LogP) is 2.48. The van der Waals surface area contributed by atoms with Crippen LogP contribution in [0.4, 0.5) is 18.9 Å². The number of non-ortho nitro benzene ring substituents is 1. The van der Waals surface area contributed by atoms with E-state index >= 15 is 0 Å². The van der Waals surface area contributed by atoms with Crippen molar-refractivity contribution in [2.45, 2.75) is 25.6 Å². The number of aromatic amines is 2. The zero-order valence-corrected chi connectivity index (χ0v) is 15.6. The minimum absolute atomic E-state index is 0. The van der Waals surface area contributed by atoms with Crippen molar-refractivity contribution in [1.29, 1.82) is 0 Å². The van der Waals surface area contributed by atoms with Crippen LogP contribution in [0, 0.1) is 16.0 Å². The second-order valence-electron chi connectivity index (χ2n) is 6.28. The Balaban J connectivity index is 0.00000261. The second kappa shape index (κ2) is 7.80. The number of fused-ring (bicyclic) bond motifs is 1. The first-order valence-electron chi connectivity index (χ1n) is 7.88. The first-order valence-corrected chi connectivity index (χ1v) is 7.88. The summed E-state index contributed by atoms with van der Waals surface area (Å²) in [6.45, 7) is 0.495. The number of hydrogen-bond acceptors (Lipinski definition) is 5. The second-order valence-corrected chi connectivity index (χ2v) is 6.28. The molecule has 1 aliphatic heterocycles. The van der Waals surface area contributed by atoms with Crippen LogP contribution in [0.15, 0.2) is 21.7 Å². The molecule has 1 aliphatic rings. The third-order valence-electron chi connectivity index (χ3n) is 4.55. The van der Waals surface area contributed by atoms with Crippen molar-refractivity contribution in [3.05, 3.63) is 48.5 Å². The van der Waals surface area contributed by atoms with Crippen LogP contribution in [-0.4, -0.2) is 39.1 Å². The average molecular weight is 453 g/mol. The van der Waals surface area contributed by atoms with Gasteiger partial charge in [-0.15, -0.1) is 17.0 Å². The molecule has 0 saturated carbocycles. The Morgan fingerprint density at radius 1 is 1.15 bits per heavy atom. The summed E-state index contributed by atoms with van der Waals surface area (Å²) < 4.78 is 38.3. The monoisotopic (exact) mass is 452 g/mol.